The van der Waals surface area contributed by atoms with Gasteiger partial charge in [-0.3, -0.25) is 19.8 Å². The second-order valence-corrected chi connectivity index (χ2v) is 6.54. The minimum Gasteiger partial charge on any atom is -0.326 e. The Bertz CT molecular complexity index is 884. The van der Waals surface area contributed by atoms with E-state index in [1.807, 2.05) is 32.0 Å². The van der Waals surface area contributed by atoms with Crippen LogP contribution in [0.25, 0.3) is 0 Å². The summed E-state index contributed by atoms with van der Waals surface area (Å²) in [4.78, 5) is 35.3. The highest BCUT2D eigenvalue weighted by molar-refractivity contribution is 5.95. The molecule has 0 aromatic heterocycles. The lowest BCUT2D eigenvalue weighted by Gasteiger charge is -2.12. The van der Waals surface area contributed by atoms with Gasteiger partial charge in [0.05, 0.1) is 6.42 Å². The van der Waals surface area contributed by atoms with Gasteiger partial charge in [0, 0.05) is 29.6 Å². The van der Waals surface area contributed by atoms with E-state index in [2.05, 4.69) is 28.1 Å². The van der Waals surface area contributed by atoms with Gasteiger partial charge in [0.15, 0.2) is 0 Å². The molecule has 0 bridgehead atoms. The van der Waals surface area contributed by atoms with Crippen molar-refractivity contribution in [3.8, 4) is 0 Å². The molecular formula is C21H24N4O3. The van der Waals surface area contributed by atoms with E-state index < -0.39 is 0 Å². The number of carbonyl (C=O) groups is 3. The Morgan fingerprint density at radius 2 is 1.46 bits per heavy atom. The van der Waals surface area contributed by atoms with Crippen molar-refractivity contribution in [2.24, 2.45) is 0 Å². The summed E-state index contributed by atoms with van der Waals surface area (Å²) >= 11 is 0. The van der Waals surface area contributed by atoms with Crippen molar-refractivity contribution in [1.29, 1.82) is 0 Å². The van der Waals surface area contributed by atoms with Crippen molar-refractivity contribution < 1.29 is 14.4 Å². The van der Waals surface area contributed by atoms with Gasteiger partial charge in [0.1, 0.15) is 0 Å². The van der Waals surface area contributed by atoms with Gasteiger partial charge >= 0.3 is 0 Å². The fourth-order valence-electron chi connectivity index (χ4n) is 2.62. The average molecular weight is 380 g/mol. The molecule has 0 fully saturated rings. The summed E-state index contributed by atoms with van der Waals surface area (Å²) in [5.74, 6) is -0.809. The highest BCUT2D eigenvalue weighted by atomic mass is 16.2. The number of amides is 3. The molecule has 3 amide bonds. The largest absolute Gasteiger partial charge is 0.326 e. The molecular weight excluding hydrogens is 356 g/mol. The van der Waals surface area contributed by atoms with Crippen LogP contribution in [0.1, 0.15) is 34.8 Å². The second-order valence-electron chi connectivity index (χ2n) is 6.54. The van der Waals surface area contributed by atoms with Gasteiger partial charge < -0.3 is 16.1 Å². The first-order valence-electron chi connectivity index (χ1n) is 8.73. The number of hydrazine groups is 1. The Balaban J connectivity index is 1.81. The zero-order valence-corrected chi connectivity index (χ0v) is 16.2. The molecule has 0 spiro atoms. The van der Waals surface area contributed by atoms with E-state index in [-0.39, 0.29) is 24.1 Å². The summed E-state index contributed by atoms with van der Waals surface area (Å²) < 4.78 is 0. The molecule has 0 aliphatic carbocycles. The normalized spacial score (nSPS) is 9.96. The molecule has 0 saturated heterocycles. The van der Waals surface area contributed by atoms with Crippen LogP contribution in [0.4, 0.5) is 11.4 Å². The highest BCUT2D eigenvalue weighted by Crippen LogP contribution is 2.14. The zero-order valence-electron chi connectivity index (χ0n) is 16.2. The van der Waals surface area contributed by atoms with Crippen LogP contribution in [0.3, 0.4) is 0 Å². The summed E-state index contributed by atoms with van der Waals surface area (Å²) in [6.07, 6.45) is 0.00867. The molecule has 2 aromatic rings. The van der Waals surface area contributed by atoms with Crippen LogP contribution >= 0.6 is 0 Å². The molecule has 0 saturated carbocycles. The third-order valence-electron chi connectivity index (χ3n) is 3.70. The SMILES string of the molecule is C=C(CC(=O)Nc1cc(C)cc(C)c1)NNC(=O)c1ccc(NC(C)=O)cc1. The van der Waals surface area contributed by atoms with E-state index >= 15 is 0 Å². The van der Waals surface area contributed by atoms with Crippen LogP contribution in [0.15, 0.2) is 54.7 Å². The number of hydrogen-bond acceptors (Lipinski definition) is 4. The van der Waals surface area contributed by atoms with Crippen molar-refractivity contribution in [1.82, 2.24) is 10.9 Å². The minimum absolute atomic E-state index is 0.00867. The maximum atomic E-state index is 12.1. The summed E-state index contributed by atoms with van der Waals surface area (Å²) in [6.45, 7) is 9.08. The van der Waals surface area contributed by atoms with Gasteiger partial charge in [-0.25, -0.2) is 0 Å². The van der Waals surface area contributed by atoms with E-state index in [0.717, 1.165) is 16.8 Å². The predicted octanol–water partition coefficient (Wildman–Crippen LogP) is 3.04. The van der Waals surface area contributed by atoms with E-state index in [4.69, 9.17) is 0 Å². The van der Waals surface area contributed by atoms with Gasteiger partial charge in [-0.1, -0.05) is 12.6 Å². The topological polar surface area (TPSA) is 99.3 Å². The number of nitrogens with one attached hydrogen (secondary N) is 4. The molecule has 7 nitrogen and oxygen atoms in total. The Hall–Kier alpha value is -3.61. The summed E-state index contributed by atoms with van der Waals surface area (Å²) in [6, 6.07) is 12.2. The standard InChI is InChI=1S/C21H24N4O3/c1-13-9-14(2)11-19(10-13)23-20(27)12-15(3)24-25-21(28)17-5-7-18(8-6-17)22-16(4)26/h5-11,24H,3,12H2,1-2,4H3,(H,22,26)(H,23,27)(H,25,28). The number of anilines is 2. The van der Waals surface area contributed by atoms with Crippen molar-refractivity contribution in [2.75, 3.05) is 10.6 Å². The van der Waals surface area contributed by atoms with Gasteiger partial charge in [-0.05, 0) is 61.4 Å². The Morgan fingerprint density at radius 3 is 2.04 bits per heavy atom. The zero-order chi connectivity index (χ0) is 20.7. The molecule has 2 rings (SSSR count). The number of hydrogen-bond donors (Lipinski definition) is 4. The third kappa shape index (κ3) is 6.60. The molecule has 0 aliphatic rings. The first-order valence-corrected chi connectivity index (χ1v) is 8.73. The Morgan fingerprint density at radius 1 is 0.857 bits per heavy atom. The number of benzene rings is 2. The van der Waals surface area contributed by atoms with E-state index in [1.54, 1.807) is 24.3 Å². The highest BCUT2D eigenvalue weighted by Gasteiger charge is 2.09. The lowest BCUT2D eigenvalue weighted by molar-refractivity contribution is -0.116. The molecule has 0 radical (unpaired) electrons. The maximum absolute atomic E-state index is 12.1. The van der Waals surface area contributed by atoms with Crippen LogP contribution in [0.2, 0.25) is 0 Å². The van der Waals surface area contributed by atoms with Gasteiger partial charge in [-0.2, -0.15) is 0 Å². The third-order valence-corrected chi connectivity index (χ3v) is 3.70. The molecule has 2 aromatic carbocycles. The van der Waals surface area contributed by atoms with Crippen molar-refractivity contribution in [2.45, 2.75) is 27.2 Å². The number of rotatable bonds is 7. The van der Waals surface area contributed by atoms with Crippen LogP contribution in [0, 0.1) is 13.8 Å². The predicted molar refractivity (Wildman–Crippen MR) is 110 cm³/mol. The number of carbonyl (C=O) groups excluding carboxylic acids is 3. The van der Waals surface area contributed by atoms with Crippen LogP contribution in [0.5, 0.6) is 0 Å². The average Bonchev–Trinajstić information content (AvgIpc) is 2.58. The molecule has 4 N–H and O–H groups in total. The molecule has 0 heterocycles. The van der Waals surface area contributed by atoms with Crippen molar-refractivity contribution >= 4 is 29.1 Å². The first kappa shape index (κ1) is 20.7. The van der Waals surface area contributed by atoms with Crippen molar-refractivity contribution in [3.63, 3.8) is 0 Å². The quantitative estimate of drug-likeness (QED) is 0.555. The van der Waals surface area contributed by atoms with E-state index in [1.165, 1.54) is 6.92 Å². The minimum atomic E-state index is -0.384. The van der Waals surface area contributed by atoms with Gasteiger partial charge in [0.2, 0.25) is 11.8 Å². The van der Waals surface area contributed by atoms with E-state index in [9.17, 15) is 14.4 Å². The lowest BCUT2D eigenvalue weighted by Crippen LogP contribution is -2.37. The molecule has 7 heteroatoms. The van der Waals surface area contributed by atoms with Crippen molar-refractivity contribution in [3.05, 3.63) is 71.4 Å². The van der Waals surface area contributed by atoms with Crippen LogP contribution in [-0.2, 0) is 9.59 Å². The summed E-state index contributed by atoms with van der Waals surface area (Å²) in [5.41, 5.74) is 9.32. The second kappa shape index (κ2) is 9.36. The van der Waals surface area contributed by atoms with Gasteiger partial charge in [0.25, 0.3) is 5.91 Å². The molecule has 0 aliphatic heterocycles. The van der Waals surface area contributed by atoms with Crippen LogP contribution < -0.4 is 21.5 Å². The first-order chi connectivity index (χ1) is 13.2. The smallest absolute Gasteiger partial charge is 0.269 e. The Labute approximate surface area is 164 Å². The monoisotopic (exact) mass is 380 g/mol. The summed E-state index contributed by atoms with van der Waals surface area (Å²) in [5, 5.41) is 5.43. The fourth-order valence-corrected chi connectivity index (χ4v) is 2.62. The molecule has 0 atom stereocenters. The lowest BCUT2D eigenvalue weighted by atomic mass is 10.1. The van der Waals surface area contributed by atoms with Gasteiger partial charge in [-0.15, -0.1) is 0 Å². The maximum Gasteiger partial charge on any atom is 0.269 e. The Kier molecular flexibility index (Phi) is 6.92. The van der Waals surface area contributed by atoms with E-state index in [0.29, 0.717) is 16.9 Å². The fraction of sp³-hybridized carbons (Fsp3) is 0.190. The molecule has 0 unspecified atom stereocenters. The number of aryl methyl sites for hydroxylation is 2. The molecule has 28 heavy (non-hydrogen) atoms. The van der Waals surface area contributed by atoms with Crippen LogP contribution in [-0.4, -0.2) is 17.7 Å². The summed E-state index contributed by atoms with van der Waals surface area (Å²) in [7, 11) is 0. The molecule has 146 valence electrons.